The second kappa shape index (κ2) is 7.12. The number of phenolic OH excluding ortho intramolecular Hbond substituents is 1. The molecule has 0 aliphatic rings. The fourth-order valence-corrected chi connectivity index (χ4v) is 2.54. The minimum atomic E-state index is 0. The van der Waals surface area contributed by atoms with Crippen LogP contribution in [0.2, 0.25) is 0 Å². The molecule has 4 nitrogen and oxygen atoms in total. The summed E-state index contributed by atoms with van der Waals surface area (Å²) >= 11 is 0. The van der Waals surface area contributed by atoms with Gasteiger partial charge in [-0.05, 0) is 35.4 Å². The number of aromatic nitrogens is 2. The van der Waals surface area contributed by atoms with Gasteiger partial charge in [-0.2, -0.15) is 0 Å². The molecule has 0 fully saturated rings. The predicted octanol–water partition coefficient (Wildman–Crippen LogP) is 4.62. The molecule has 0 aliphatic heterocycles. The van der Waals surface area contributed by atoms with Crippen molar-refractivity contribution in [3.8, 4) is 39.8 Å². The van der Waals surface area contributed by atoms with Crippen molar-refractivity contribution < 1.29 is 12.4 Å². The van der Waals surface area contributed by atoms with E-state index in [1.807, 2.05) is 48.5 Å². The van der Waals surface area contributed by atoms with Crippen molar-refractivity contribution in [2.24, 2.45) is 0 Å². The van der Waals surface area contributed by atoms with Gasteiger partial charge in [-0.25, -0.2) is 0 Å². The predicted molar refractivity (Wildman–Crippen MR) is 100 cm³/mol. The molecule has 1 N–H and O–H groups in total. The van der Waals surface area contributed by atoms with Crippen LogP contribution < -0.4 is 0 Å². The van der Waals surface area contributed by atoms with E-state index in [1.165, 1.54) is 0 Å². The quantitative estimate of drug-likeness (QED) is 0.558. The monoisotopic (exact) mass is 325 g/mol. The Bertz CT molecular complexity index is 977. The summed E-state index contributed by atoms with van der Waals surface area (Å²) in [6.07, 6.45) is 0. The van der Waals surface area contributed by atoms with Crippen molar-refractivity contribution in [2.45, 2.75) is 0 Å². The summed E-state index contributed by atoms with van der Waals surface area (Å²) in [5.41, 5.74) is 3.64. The Balaban J connectivity index is 0.00000121. The first-order valence-electron chi connectivity index (χ1n) is 7.59. The molecule has 0 aliphatic carbocycles. The normalized spacial score (nSPS) is 10.2. The van der Waals surface area contributed by atoms with Crippen molar-refractivity contribution in [1.29, 1.82) is 0 Å². The van der Waals surface area contributed by atoms with Crippen LogP contribution in [0.3, 0.4) is 0 Å². The first-order valence-corrected chi connectivity index (χ1v) is 7.59. The number of nitrogens with zero attached hydrogens (tertiary/aromatic N) is 2. The molecule has 3 aromatic carbocycles. The van der Waals surface area contributed by atoms with Gasteiger partial charge in [0.25, 0.3) is 5.89 Å². The first-order chi connectivity index (χ1) is 11.8. The minimum Gasteiger partial charge on any atom is -1.00 e. The number of benzene rings is 3. The molecule has 4 aromatic rings. The topological polar surface area (TPSA) is 59.2 Å². The number of rotatable bonds is 3. The van der Waals surface area contributed by atoms with Gasteiger partial charge in [0.2, 0.25) is 5.89 Å². The maximum atomic E-state index is 9.88. The van der Waals surface area contributed by atoms with Crippen molar-refractivity contribution in [1.82, 2.24) is 10.2 Å². The number of para-hydroxylation sites is 1. The number of hydrogen-bond donors (Lipinski definition) is 1. The largest absolute Gasteiger partial charge is 2.00 e. The third kappa shape index (κ3) is 3.34. The molecule has 0 unspecified atom stereocenters. The maximum absolute atomic E-state index is 9.88. The summed E-state index contributed by atoms with van der Waals surface area (Å²) in [7, 11) is 0. The van der Waals surface area contributed by atoms with Crippen molar-refractivity contribution in [3.05, 3.63) is 78.9 Å². The average molecular weight is 325 g/mol. The van der Waals surface area contributed by atoms with Crippen LogP contribution in [0.15, 0.2) is 83.3 Å². The Hall–Kier alpha value is -3.23. The molecule has 120 valence electrons. The molecule has 0 bridgehead atoms. The Morgan fingerprint density at radius 2 is 1.20 bits per heavy atom. The fraction of sp³-hybridized carbons (Fsp3) is 0. The van der Waals surface area contributed by atoms with Crippen LogP contribution in [-0.2, 0) is 0 Å². The number of hydrogen-bond acceptors (Lipinski definition) is 4. The maximum Gasteiger partial charge on any atom is 2.00 e. The Morgan fingerprint density at radius 1 is 0.640 bits per heavy atom. The summed E-state index contributed by atoms with van der Waals surface area (Å²) in [5.74, 6) is 0.843. The molecule has 0 radical (unpaired) electrons. The summed E-state index contributed by atoms with van der Waals surface area (Å²) in [6.45, 7) is 0. The molecule has 0 atom stereocenters. The van der Waals surface area contributed by atoms with Crippen LogP contribution in [-0.4, -0.2) is 25.4 Å². The molecule has 0 spiro atoms. The summed E-state index contributed by atoms with van der Waals surface area (Å²) in [4.78, 5) is 0. The van der Waals surface area contributed by atoms with Crippen LogP contribution in [0.1, 0.15) is 2.85 Å². The molecule has 1 heterocycles. The zero-order valence-corrected chi connectivity index (χ0v) is 13.5. The van der Waals surface area contributed by atoms with E-state index in [-0.39, 0.29) is 18.7 Å². The Labute approximate surface area is 152 Å². The van der Waals surface area contributed by atoms with Crippen LogP contribution in [0.5, 0.6) is 5.75 Å². The van der Waals surface area contributed by atoms with E-state index < -0.39 is 0 Å². The molecule has 0 saturated carbocycles. The standard InChI is InChI=1S/C20H14N2O2.Be.2H/c23-18-9-5-4-8-17(18)20-22-21-19(24-20)16-12-10-15(11-13-16)14-6-2-1-3-7-14;;;/h1-13,23H;;;/q;+2;2*-1. The zero-order chi connectivity index (χ0) is 16.4. The van der Waals surface area contributed by atoms with E-state index in [9.17, 15) is 5.11 Å². The van der Waals surface area contributed by atoms with E-state index in [2.05, 4.69) is 22.3 Å². The van der Waals surface area contributed by atoms with Gasteiger partial charge in [-0.3, -0.25) is 0 Å². The van der Waals surface area contributed by atoms with Gasteiger partial charge in [0.05, 0.1) is 5.56 Å². The summed E-state index contributed by atoms with van der Waals surface area (Å²) in [5, 5.41) is 18.0. The van der Waals surface area contributed by atoms with Gasteiger partial charge < -0.3 is 12.4 Å². The van der Waals surface area contributed by atoms with Crippen molar-refractivity contribution >= 4 is 10.1 Å². The van der Waals surface area contributed by atoms with Gasteiger partial charge >= 0.3 is 10.1 Å². The van der Waals surface area contributed by atoms with Gasteiger partial charge in [0, 0.05) is 5.56 Å². The molecule has 1 aromatic heterocycles. The van der Waals surface area contributed by atoms with Crippen molar-refractivity contribution in [3.63, 3.8) is 0 Å². The first kappa shape index (κ1) is 16.6. The SMILES string of the molecule is Oc1ccccc1-c1nnc(-c2ccc(-c3ccccc3)cc2)o1.[Be+2].[H-].[H-]. The second-order valence-corrected chi connectivity index (χ2v) is 5.37. The third-order valence-electron chi connectivity index (χ3n) is 3.80. The van der Waals surface area contributed by atoms with E-state index in [0.29, 0.717) is 17.3 Å². The van der Waals surface area contributed by atoms with Crippen LogP contribution in [0, 0.1) is 0 Å². The Kier molecular flexibility index (Phi) is 4.73. The second-order valence-electron chi connectivity index (χ2n) is 5.37. The fourth-order valence-electron chi connectivity index (χ4n) is 2.54. The summed E-state index contributed by atoms with van der Waals surface area (Å²) < 4.78 is 5.70. The number of aromatic hydroxyl groups is 1. The summed E-state index contributed by atoms with van der Waals surface area (Å²) in [6, 6.07) is 25.0. The molecule has 0 amide bonds. The van der Waals surface area contributed by atoms with Gasteiger partial charge in [-0.15, -0.1) is 10.2 Å². The smallest absolute Gasteiger partial charge is 1.00 e. The van der Waals surface area contributed by atoms with E-state index in [4.69, 9.17) is 4.42 Å². The zero-order valence-electron chi connectivity index (χ0n) is 15.5. The molecule has 5 heteroatoms. The number of phenols is 1. The molecule has 4 rings (SSSR count). The molecular weight excluding hydrogens is 309 g/mol. The van der Waals surface area contributed by atoms with Gasteiger partial charge in [0.1, 0.15) is 5.75 Å². The van der Waals surface area contributed by atoms with Gasteiger partial charge in [-0.1, -0.05) is 54.6 Å². The third-order valence-corrected chi connectivity index (χ3v) is 3.80. The van der Waals surface area contributed by atoms with Gasteiger partial charge in [0.15, 0.2) is 0 Å². The van der Waals surface area contributed by atoms with E-state index in [0.717, 1.165) is 16.7 Å². The average Bonchev–Trinajstić information content (AvgIpc) is 3.13. The Morgan fingerprint density at radius 3 is 1.92 bits per heavy atom. The van der Waals surface area contributed by atoms with E-state index >= 15 is 0 Å². The van der Waals surface area contributed by atoms with Crippen LogP contribution >= 0.6 is 0 Å². The molecule has 25 heavy (non-hydrogen) atoms. The van der Waals surface area contributed by atoms with E-state index in [1.54, 1.807) is 18.2 Å². The van der Waals surface area contributed by atoms with Crippen molar-refractivity contribution in [2.75, 3.05) is 0 Å². The molecule has 0 saturated heterocycles. The van der Waals surface area contributed by atoms with Crippen LogP contribution in [0.25, 0.3) is 34.0 Å². The van der Waals surface area contributed by atoms with Crippen LogP contribution in [0.4, 0.5) is 0 Å². The molecular formula is C20H16BeN2O2. The minimum absolute atomic E-state index is 0.